The first-order chi connectivity index (χ1) is 18.6. The smallest absolute Gasteiger partial charge is 0.416 e. The number of benzene rings is 2. The van der Waals surface area contributed by atoms with Crippen LogP contribution in [0.25, 0.3) is 0 Å². The number of hydrogen-bond acceptors (Lipinski definition) is 5. The highest BCUT2D eigenvalue weighted by atomic mass is 19.4. The fourth-order valence-electron chi connectivity index (χ4n) is 5.89. The third-order valence-electron chi connectivity index (χ3n) is 8.25. The number of likely N-dealkylation sites (N-methyl/N-ethyl adjacent to an activating group) is 1. The van der Waals surface area contributed by atoms with E-state index in [4.69, 9.17) is 9.84 Å². The third-order valence-corrected chi connectivity index (χ3v) is 8.25. The van der Waals surface area contributed by atoms with Gasteiger partial charge in [0.2, 0.25) is 0 Å². The average Bonchev–Trinajstić information content (AvgIpc) is 2.92. The van der Waals surface area contributed by atoms with E-state index < -0.39 is 11.7 Å². The molecule has 6 nitrogen and oxygen atoms in total. The first-order valence-corrected chi connectivity index (χ1v) is 13.8. The second-order valence-corrected chi connectivity index (χ2v) is 10.8. The van der Waals surface area contributed by atoms with Gasteiger partial charge in [0.25, 0.3) is 5.91 Å². The summed E-state index contributed by atoms with van der Waals surface area (Å²) in [7, 11) is 1.99. The molecule has 214 valence electrons. The molecule has 1 N–H and O–H groups in total. The molecule has 4 rings (SSSR count). The molecule has 1 unspecified atom stereocenters. The number of piperidine rings is 1. The van der Waals surface area contributed by atoms with E-state index in [9.17, 15) is 18.0 Å². The van der Waals surface area contributed by atoms with Gasteiger partial charge in [-0.25, -0.2) is 0 Å². The standard InChI is InChI=1S/C30H40F3N3O3/c1-21-22(2)28(39-19-5-14-34(3)17-18-37)13-12-26(21)27-7-4-6-25-20-35(15-16-36(25)27)29(38)23-8-10-24(11-9-23)30(31,32)33/h8-13,25,27,37H,4-7,14-20H2,1-3H3/t25-,27?/m0/s1. The van der Waals surface area contributed by atoms with Gasteiger partial charge in [-0.3, -0.25) is 9.69 Å². The van der Waals surface area contributed by atoms with Crippen molar-refractivity contribution < 1.29 is 27.8 Å². The maximum Gasteiger partial charge on any atom is 0.416 e. The topological polar surface area (TPSA) is 56.3 Å². The summed E-state index contributed by atoms with van der Waals surface area (Å²) in [4.78, 5) is 19.5. The molecule has 1 amide bonds. The normalized spacial score (nSPS) is 20.3. The van der Waals surface area contributed by atoms with Crippen LogP contribution < -0.4 is 4.74 Å². The minimum Gasteiger partial charge on any atom is -0.493 e. The summed E-state index contributed by atoms with van der Waals surface area (Å²) in [5, 5.41) is 9.03. The molecule has 0 aromatic heterocycles. The van der Waals surface area contributed by atoms with Crippen molar-refractivity contribution in [1.82, 2.24) is 14.7 Å². The quantitative estimate of drug-likeness (QED) is 0.445. The lowest BCUT2D eigenvalue weighted by Crippen LogP contribution is -2.57. The van der Waals surface area contributed by atoms with E-state index in [1.54, 1.807) is 4.90 Å². The number of piperazine rings is 1. The number of rotatable bonds is 9. The summed E-state index contributed by atoms with van der Waals surface area (Å²) in [5.41, 5.74) is 3.24. The lowest BCUT2D eigenvalue weighted by Gasteiger charge is -2.49. The maximum absolute atomic E-state index is 13.1. The molecule has 0 bridgehead atoms. The molecule has 0 radical (unpaired) electrons. The molecular formula is C30H40F3N3O3. The van der Waals surface area contributed by atoms with Crippen LogP contribution in [0.15, 0.2) is 36.4 Å². The van der Waals surface area contributed by atoms with Crippen molar-refractivity contribution in [2.45, 2.75) is 57.8 Å². The van der Waals surface area contributed by atoms with Gasteiger partial charge in [-0.05, 0) is 93.6 Å². The summed E-state index contributed by atoms with van der Waals surface area (Å²) < 4.78 is 44.8. The zero-order valence-electron chi connectivity index (χ0n) is 23.1. The zero-order chi connectivity index (χ0) is 28.2. The Morgan fingerprint density at radius 3 is 2.49 bits per heavy atom. The molecule has 2 aromatic rings. The lowest BCUT2D eigenvalue weighted by atomic mass is 9.86. The Balaban J connectivity index is 1.39. The minimum atomic E-state index is -4.41. The molecular weight excluding hydrogens is 507 g/mol. The number of hydrogen-bond donors (Lipinski definition) is 1. The highest BCUT2D eigenvalue weighted by Crippen LogP contribution is 2.40. The van der Waals surface area contributed by atoms with E-state index in [0.29, 0.717) is 31.8 Å². The van der Waals surface area contributed by atoms with Gasteiger partial charge < -0.3 is 19.6 Å². The van der Waals surface area contributed by atoms with Crippen LogP contribution in [0, 0.1) is 13.8 Å². The van der Waals surface area contributed by atoms with Crippen molar-refractivity contribution in [3.63, 3.8) is 0 Å². The first kappa shape index (κ1) is 29.4. The number of ether oxygens (including phenoxy) is 1. The number of aliphatic hydroxyl groups excluding tert-OH is 1. The van der Waals surface area contributed by atoms with Crippen LogP contribution in [0.1, 0.15) is 64.3 Å². The maximum atomic E-state index is 13.1. The van der Waals surface area contributed by atoms with E-state index in [-0.39, 0.29) is 24.6 Å². The van der Waals surface area contributed by atoms with Crippen LogP contribution in [0.3, 0.4) is 0 Å². The number of halogens is 3. The third kappa shape index (κ3) is 6.94. The average molecular weight is 548 g/mol. The highest BCUT2D eigenvalue weighted by Gasteiger charge is 2.38. The van der Waals surface area contributed by atoms with Gasteiger partial charge in [0.1, 0.15) is 5.75 Å². The van der Waals surface area contributed by atoms with Gasteiger partial charge in [-0.1, -0.05) is 6.07 Å². The van der Waals surface area contributed by atoms with Crippen molar-refractivity contribution >= 4 is 5.91 Å². The van der Waals surface area contributed by atoms with E-state index >= 15 is 0 Å². The number of aliphatic hydroxyl groups is 1. The van der Waals surface area contributed by atoms with Gasteiger partial charge in [0.05, 0.1) is 18.8 Å². The van der Waals surface area contributed by atoms with Gasteiger partial charge in [-0.2, -0.15) is 13.2 Å². The van der Waals surface area contributed by atoms with Crippen LogP contribution in [0.5, 0.6) is 5.75 Å². The minimum absolute atomic E-state index is 0.156. The highest BCUT2D eigenvalue weighted by molar-refractivity contribution is 5.94. The summed E-state index contributed by atoms with van der Waals surface area (Å²) in [6.45, 7) is 8.43. The van der Waals surface area contributed by atoms with Crippen LogP contribution in [-0.4, -0.2) is 84.7 Å². The van der Waals surface area contributed by atoms with Crippen molar-refractivity contribution in [1.29, 1.82) is 0 Å². The monoisotopic (exact) mass is 547 g/mol. The van der Waals surface area contributed by atoms with Gasteiger partial charge >= 0.3 is 6.18 Å². The SMILES string of the molecule is Cc1c(OCCCN(C)CCO)ccc(C2CCC[C@H]3CN(C(=O)c4ccc(C(F)(F)F)cc4)CCN23)c1C. The molecule has 2 aromatic carbocycles. The lowest BCUT2D eigenvalue weighted by molar-refractivity contribution is -0.137. The van der Waals surface area contributed by atoms with Crippen molar-refractivity contribution in [2.24, 2.45) is 0 Å². The molecule has 2 atom stereocenters. The Bertz CT molecular complexity index is 1120. The van der Waals surface area contributed by atoms with Crippen LogP contribution in [-0.2, 0) is 6.18 Å². The second-order valence-electron chi connectivity index (χ2n) is 10.8. The Morgan fingerprint density at radius 2 is 1.79 bits per heavy atom. The fraction of sp³-hybridized carbons (Fsp3) is 0.567. The number of alkyl halides is 3. The van der Waals surface area contributed by atoms with Gasteiger partial charge in [0, 0.05) is 50.4 Å². The molecule has 2 aliphatic rings. The molecule has 2 saturated heterocycles. The Hall–Kier alpha value is -2.62. The van der Waals surface area contributed by atoms with Gasteiger partial charge in [0.15, 0.2) is 0 Å². The molecule has 0 spiro atoms. The predicted molar refractivity (Wildman–Crippen MR) is 145 cm³/mol. The van der Waals surface area contributed by atoms with Crippen LogP contribution in [0.4, 0.5) is 13.2 Å². The van der Waals surface area contributed by atoms with Gasteiger partial charge in [-0.15, -0.1) is 0 Å². The summed E-state index contributed by atoms with van der Waals surface area (Å²) in [6.07, 6.45) is -0.413. The second kappa shape index (κ2) is 12.7. The predicted octanol–water partition coefficient (Wildman–Crippen LogP) is 5.07. The molecule has 2 aliphatic heterocycles. The largest absolute Gasteiger partial charge is 0.493 e. The summed E-state index contributed by atoms with van der Waals surface area (Å²) in [5.74, 6) is 0.696. The van der Waals surface area contributed by atoms with Crippen LogP contribution >= 0.6 is 0 Å². The number of nitrogens with zero attached hydrogens (tertiary/aromatic N) is 3. The summed E-state index contributed by atoms with van der Waals surface area (Å²) in [6, 6.07) is 9.28. The number of amides is 1. The number of fused-ring (bicyclic) bond motifs is 1. The Kier molecular flexibility index (Phi) is 9.56. The zero-order valence-corrected chi connectivity index (χ0v) is 23.1. The Morgan fingerprint density at radius 1 is 1.05 bits per heavy atom. The van der Waals surface area contributed by atoms with E-state index in [1.165, 1.54) is 23.3 Å². The number of carbonyl (C=O) groups is 1. The molecule has 2 heterocycles. The first-order valence-electron chi connectivity index (χ1n) is 13.8. The summed E-state index contributed by atoms with van der Waals surface area (Å²) >= 11 is 0. The molecule has 2 fully saturated rings. The van der Waals surface area contributed by atoms with Crippen molar-refractivity contribution in [3.8, 4) is 5.75 Å². The molecule has 0 saturated carbocycles. The Labute approximate surface area is 229 Å². The van der Waals surface area contributed by atoms with E-state index in [0.717, 1.165) is 62.2 Å². The molecule has 9 heteroatoms. The molecule has 39 heavy (non-hydrogen) atoms. The molecule has 0 aliphatic carbocycles. The fourth-order valence-corrected chi connectivity index (χ4v) is 5.89. The van der Waals surface area contributed by atoms with E-state index in [2.05, 4.69) is 35.8 Å². The van der Waals surface area contributed by atoms with Crippen LogP contribution in [0.2, 0.25) is 0 Å². The van der Waals surface area contributed by atoms with Crippen molar-refractivity contribution in [3.05, 3.63) is 64.2 Å². The van der Waals surface area contributed by atoms with E-state index in [1.807, 2.05) is 7.05 Å². The van der Waals surface area contributed by atoms with Crippen molar-refractivity contribution in [2.75, 3.05) is 53.0 Å². The number of carbonyl (C=O) groups excluding carboxylic acids is 1.